The summed E-state index contributed by atoms with van der Waals surface area (Å²) in [5, 5.41) is 8.75. The second-order valence-corrected chi connectivity index (χ2v) is 4.16. The van der Waals surface area contributed by atoms with E-state index in [0.717, 1.165) is 6.54 Å². The average Bonchev–Trinajstić information content (AvgIpc) is 2.49. The number of nitrogens with zero attached hydrogens (tertiary/aromatic N) is 2. The molecule has 0 unspecified atom stereocenters. The molecule has 1 aromatic heterocycles. The standard InChI is InChI=1S/C11H16N2O/c1-11(2,3)14-8-7-13-6-4-5-10(13)9-12/h4-6H,7-8H2,1-3H3. The predicted octanol–water partition coefficient (Wildman–Crippen LogP) is 2.17. The van der Waals surface area contributed by atoms with Crippen molar-refractivity contribution < 1.29 is 4.74 Å². The molecule has 0 bridgehead atoms. The average molecular weight is 192 g/mol. The van der Waals surface area contributed by atoms with E-state index in [1.807, 2.05) is 37.6 Å². The zero-order valence-corrected chi connectivity index (χ0v) is 8.95. The molecule has 0 atom stereocenters. The van der Waals surface area contributed by atoms with Crippen LogP contribution in [0, 0.1) is 11.3 Å². The third-order valence-corrected chi connectivity index (χ3v) is 1.81. The van der Waals surface area contributed by atoms with Crippen molar-refractivity contribution in [1.82, 2.24) is 4.57 Å². The Morgan fingerprint density at radius 2 is 2.21 bits per heavy atom. The molecule has 0 saturated carbocycles. The van der Waals surface area contributed by atoms with Crippen molar-refractivity contribution in [2.75, 3.05) is 6.61 Å². The van der Waals surface area contributed by atoms with Gasteiger partial charge in [0.2, 0.25) is 0 Å². The SMILES string of the molecule is CC(C)(C)OCCn1cccc1C#N. The summed E-state index contributed by atoms with van der Waals surface area (Å²) >= 11 is 0. The lowest BCUT2D eigenvalue weighted by atomic mass is 10.2. The van der Waals surface area contributed by atoms with Crippen LogP contribution in [-0.2, 0) is 11.3 Å². The third kappa shape index (κ3) is 3.23. The van der Waals surface area contributed by atoms with Gasteiger partial charge in [0.15, 0.2) is 0 Å². The molecule has 0 aromatic carbocycles. The number of ether oxygens (including phenoxy) is 1. The van der Waals surface area contributed by atoms with Gasteiger partial charge in [-0.05, 0) is 32.9 Å². The summed E-state index contributed by atoms with van der Waals surface area (Å²) < 4.78 is 7.47. The Labute approximate surface area is 84.9 Å². The van der Waals surface area contributed by atoms with Gasteiger partial charge in [0, 0.05) is 12.7 Å². The van der Waals surface area contributed by atoms with Crippen molar-refractivity contribution in [2.24, 2.45) is 0 Å². The zero-order chi connectivity index (χ0) is 10.6. The highest BCUT2D eigenvalue weighted by molar-refractivity contribution is 5.21. The van der Waals surface area contributed by atoms with Crippen molar-refractivity contribution in [3.05, 3.63) is 24.0 Å². The van der Waals surface area contributed by atoms with Gasteiger partial charge >= 0.3 is 0 Å². The Morgan fingerprint density at radius 1 is 1.50 bits per heavy atom. The molecule has 0 radical (unpaired) electrons. The fraction of sp³-hybridized carbons (Fsp3) is 0.545. The highest BCUT2D eigenvalue weighted by Crippen LogP contribution is 2.07. The van der Waals surface area contributed by atoms with Gasteiger partial charge in [-0.2, -0.15) is 5.26 Å². The van der Waals surface area contributed by atoms with Crippen molar-refractivity contribution >= 4 is 0 Å². The van der Waals surface area contributed by atoms with E-state index in [-0.39, 0.29) is 5.60 Å². The Balaban J connectivity index is 2.43. The van der Waals surface area contributed by atoms with Crippen molar-refractivity contribution in [3.63, 3.8) is 0 Å². The molecule has 1 rings (SSSR count). The lowest BCUT2D eigenvalue weighted by Gasteiger charge is -2.19. The van der Waals surface area contributed by atoms with Gasteiger partial charge in [-0.3, -0.25) is 0 Å². The van der Waals surface area contributed by atoms with Gasteiger partial charge < -0.3 is 9.30 Å². The predicted molar refractivity (Wildman–Crippen MR) is 54.9 cm³/mol. The molecule has 0 spiro atoms. The minimum absolute atomic E-state index is 0.111. The highest BCUT2D eigenvalue weighted by atomic mass is 16.5. The Morgan fingerprint density at radius 3 is 2.79 bits per heavy atom. The molecule has 0 aliphatic heterocycles. The fourth-order valence-corrected chi connectivity index (χ4v) is 1.16. The number of hydrogen-bond acceptors (Lipinski definition) is 2. The van der Waals surface area contributed by atoms with Crippen molar-refractivity contribution in [3.8, 4) is 6.07 Å². The first-order chi connectivity index (χ1) is 6.53. The Bertz CT molecular complexity index is 328. The summed E-state index contributed by atoms with van der Waals surface area (Å²) in [6.45, 7) is 7.43. The first-order valence-electron chi connectivity index (χ1n) is 4.72. The normalized spacial score (nSPS) is 11.3. The van der Waals surface area contributed by atoms with E-state index in [4.69, 9.17) is 10.00 Å². The van der Waals surface area contributed by atoms with Crippen LogP contribution in [0.5, 0.6) is 0 Å². The van der Waals surface area contributed by atoms with Crippen LogP contribution in [0.2, 0.25) is 0 Å². The second kappa shape index (κ2) is 4.30. The first kappa shape index (κ1) is 10.8. The summed E-state index contributed by atoms with van der Waals surface area (Å²) in [6.07, 6.45) is 1.89. The van der Waals surface area contributed by atoms with Crippen LogP contribution < -0.4 is 0 Å². The van der Waals surface area contributed by atoms with Gasteiger partial charge in [0.25, 0.3) is 0 Å². The molecule has 0 amide bonds. The molecule has 3 nitrogen and oxygen atoms in total. The summed E-state index contributed by atoms with van der Waals surface area (Å²) in [5.41, 5.74) is 0.572. The van der Waals surface area contributed by atoms with Gasteiger partial charge in [0.05, 0.1) is 12.2 Å². The lowest BCUT2D eigenvalue weighted by molar-refractivity contribution is -0.00685. The molecule has 14 heavy (non-hydrogen) atoms. The molecule has 0 fully saturated rings. The maximum Gasteiger partial charge on any atom is 0.120 e. The lowest BCUT2D eigenvalue weighted by Crippen LogP contribution is -2.22. The van der Waals surface area contributed by atoms with Crippen LogP contribution in [0.1, 0.15) is 26.5 Å². The summed E-state index contributed by atoms with van der Waals surface area (Å²) in [4.78, 5) is 0. The van der Waals surface area contributed by atoms with Gasteiger partial charge in [0.1, 0.15) is 11.8 Å². The smallest absolute Gasteiger partial charge is 0.120 e. The van der Waals surface area contributed by atoms with Gasteiger partial charge in [-0.25, -0.2) is 0 Å². The van der Waals surface area contributed by atoms with E-state index in [1.165, 1.54) is 0 Å². The van der Waals surface area contributed by atoms with Crippen LogP contribution in [0.25, 0.3) is 0 Å². The van der Waals surface area contributed by atoms with Crippen molar-refractivity contribution in [2.45, 2.75) is 32.9 Å². The summed E-state index contributed by atoms with van der Waals surface area (Å²) in [6, 6.07) is 5.80. The maximum atomic E-state index is 8.75. The molecule has 0 saturated heterocycles. The van der Waals surface area contributed by atoms with E-state index in [9.17, 15) is 0 Å². The van der Waals surface area contributed by atoms with E-state index in [2.05, 4.69) is 6.07 Å². The third-order valence-electron chi connectivity index (χ3n) is 1.81. The Hall–Kier alpha value is -1.27. The molecular weight excluding hydrogens is 176 g/mol. The van der Waals surface area contributed by atoms with E-state index >= 15 is 0 Å². The summed E-state index contributed by atoms with van der Waals surface area (Å²) in [5.74, 6) is 0. The van der Waals surface area contributed by atoms with E-state index in [1.54, 1.807) is 6.07 Å². The van der Waals surface area contributed by atoms with E-state index in [0.29, 0.717) is 12.3 Å². The van der Waals surface area contributed by atoms with Crippen molar-refractivity contribution in [1.29, 1.82) is 5.26 Å². The van der Waals surface area contributed by atoms with Crippen LogP contribution in [0.15, 0.2) is 18.3 Å². The van der Waals surface area contributed by atoms with E-state index < -0.39 is 0 Å². The van der Waals surface area contributed by atoms with Crippen LogP contribution in [0.3, 0.4) is 0 Å². The monoisotopic (exact) mass is 192 g/mol. The minimum atomic E-state index is -0.111. The molecular formula is C11H16N2O. The molecule has 0 aliphatic rings. The molecule has 0 N–H and O–H groups in total. The van der Waals surface area contributed by atoms with Gasteiger partial charge in [-0.15, -0.1) is 0 Å². The van der Waals surface area contributed by atoms with Crippen LogP contribution in [0.4, 0.5) is 0 Å². The minimum Gasteiger partial charge on any atom is -0.374 e. The number of hydrogen-bond donors (Lipinski definition) is 0. The Kier molecular flexibility index (Phi) is 3.32. The first-order valence-corrected chi connectivity index (χ1v) is 4.72. The fourth-order valence-electron chi connectivity index (χ4n) is 1.16. The topological polar surface area (TPSA) is 38.0 Å². The van der Waals surface area contributed by atoms with Gasteiger partial charge in [-0.1, -0.05) is 0 Å². The molecule has 1 aromatic rings. The van der Waals surface area contributed by atoms with Crippen LogP contribution >= 0.6 is 0 Å². The maximum absolute atomic E-state index is 8.75. The highest BCUT2D eigenvalue weighted by Gasteiger charge is 2.09. The van der Waals surface area contributed by atoms with Crippen LogP contribution in [-0.4, -0.2) is 16.8 Å². The molecule has 1 heterocycles. The zero-order valence-electron chi connectivity index (χ0n) is 8.95. The quantitative estimate of drug-likeness (QED) is 0.736. The second-order valence-electron chi connectivity index (χ2n) is 4.16. The number of rotatable bonds is 3. The summed E-state index contributed by atoms with van der Waals surface area (Å²) in [7, 11) is 0. The molecule has 0 aliphatic carbocycles. The largest absolute Gasteiger partial charge is 0.374 e. The molecule has 76 valence electrons. The molecule has 3 heteroatoms. The number of nitriles is 1. The number of aromatic nitrogens is 1.